The van der Waals surface area contributed by atoms with Crippen LogP contribution in [0.25, 0.3) is 0 Å². The number of carbonyl (C=O) groups is 2. The summed E-state index contributed by atoms with van der Waals surface area (Å²) >= 11 is 3.40. The number of benzene rings is 1. The van der Waals surface area contributed by atoms with Crippen LogP contribution in [0.5, 0.6) is 5.75 Å². The molecule has 2 amide bonds. The molecular formula is C15H16BrN3O3. The molecule has 1 aromatic heterocycles. The zero-order valence-electron chi connectivity index (χ0n) is 12.0. The zero-order chi connectivity index (χ0) is 15.9. The second kappa shape index (κ2) is 7.65. The number of hydrogen-bond acceptors (Lipinski definition) is 3. The first kappa shape index (κ1) is 16.1. The summed E-state index contributed by atoms with van der Waals surface area (Å²) in [5.41, 5.74) is 6.12. The molecule has 1 aromatic carbocycles. The van der Waals surface area contributed by atoms with Crippen molar-refractivity contribution >= 4 is 27.7 Å². The Morgan fingerprint density at radius 3 is 2.73 bits per heavy atom. The second-order valence-corrected chi connectivity index (χ2v) is 5.41. The highest BCUT2D eigenvalue weighted by molar-refractivity contribution is 9.10. The molecule has 0 saturated carbocycles. The summed E-state index contributed by atoms with van der Waals surface area (Å²) in [7, 11) is 1.60. The monoisotopic (exact) mass is 365 g/mol. The average molecular weight is 366 g/mol. The number of nitrogens with one attached hydrogen (secondary N) is 3. The number of aryl methyl sites for hydroxylation is 1. The van der Waals surface area contributed by atoms with Crippen LogP contribution in [-0.2, 0) is 11.2 Å². The van der Waals surface area contributed by atoms with Crippen LogP contribution in [0.1, 0.15) is 22.5 Å². The van der Waals surface area contributed by atoms with Gasteiger partial charge in [0.25, 0.3) is 5.91 Å². The maximum Gasteiger partial charge on any atom is 0.286 e. The number of hydrazine groups is 1. The topological polar surface area (TPSA) is 83.2 Å². The molecule has 116 valence electrons. The third-order valence-electron chi connectivity index (χ3n) is 3.01. The molecule has 1 heterocycles. The van der Waals surface area contributed by atoms with E-state index in [1.807, 2.05) is 18.2 Å². The number of aromatic amines is 1. The summed E-state index contributed by atoms with van der Waals surface area (Å²) in [4.78, 5) is 26.1. The minimum atomic E-state index is -0.384. The molecule has 0 unspecified atom stereocenters. The first-order valence-electron chi connectivity index (χ1n) is 6.65. The molecule has 0 atom stereocenters. The third kappa shape index (κ3) is 4.36. The van der Waals surface area contributed by atoms with E-state index in [0.717, 1.165) is 15.8 Å². The van der Waals surface area contributed by atoms with Crippen LogP contribution < -0.4 is 15.6 Å². The quantitative estimate of drug-likeness (QED) is 0.710. The Kier molecular flexibility index (Phi) is 5.60. The normalized spacial score (nSPS) is 10.1. The molecule has 6 nitrogen and oxygen atoms in total. The number of methoxy groups -OCH3 is 1. The van der Waals surface area contributed by atoms with E-state index in [0.29, 0.717) is 12.1 Å². The third-order valence-corrected chi connectivity index (χ3v) is 3.63. The summed E-state index contributed by atoms with van der Waals surface area (Å²) < 4.78 is 5.99. The summed E-state index contributed by atoms with van der Waals surface area (Å²) in [6.07, 6.45) is 2.47. The molecular weight excluding hydrogens is 350 g/mol. The van der Waals surface area contributed by atoms with Crippen molar-refractivity contribution in [1.29, 1.82) is 0 Å². The van der Waals surface area contributed by atoms with Crippen molar-refractivity contribution in [3.63, 3.8) is 0 Å². The van der Waals surface area contributed by atoms with Crippen molar-refractivity contribution in [3.05, 3.63) is 52.3 Å². The van der Waals surface area contributed by atoms with Crippen LogP contribution in [0, 0.1) is 0 Å². The molecule has 0 bridgehead atoms. The molecule has 0 radical (unpaired) electrons. The van der Waals surface area contributed by atoms with E-state index >= 15 is 0 Å². The maximum absolute atomic E-state index is 11.7. The molecule has 7 heteroatoms. The van der Waals surface area contributed by atoms with Gasteiger partial charge in [0.1, 0.15) is 11.4 Å². The van der Waals surface area contributed by atoms with Crippen LogP contribution in [0.2, 0.25) is 0 Å². The van der Waals surface area contributed by atoms with Gasteiger partial charge in [-0.05, 0) is 52.2 Å². The Bertz CT molecular complexity index is 656. The van der Waals surface area contributed by atoms with Gasteiger partial charge in [-0.25, -0.2) is 0 Å². The lowest BCUT2D eigenvalue weighted by atomic mass is 10.1. The number of carbonyl (C=O) groups excluding carboxylic acids is 2. The Hall–Kier alpha value is -2.28. The van der Waals surface area contributed by atoms with Gasteiger partial charge in [-0.1, -0.05) is 6.07 Å². The SMILES string of the molecule is COc1ccc(CCC(=O)NNC(=O)c2ccc[nH]2)cc1Br. The fourth-order valence-corrected chi connectivity index (χ4v) is 2.44. The molecule has 3 N–H and O–H groups in total. The van der Waals surface area contributed by atoms with Crippen LogP contribution in [0.4, 0.5) is 0 Å². The predicted molar refractivity (Wildman–Crippen MR) is 85.4 cm³/mol. The number of aromatic nitrogens is 1. The standard InChI is InChI=1S/C15H16BrN3O3/c1-22-13-6-4-10(9-11(13)16)5-7-14(20)18-19-15(21)12-3-2-8-17-12/h2-4,6,8-9,17H,5,7H2,1H3,(H,18,20)(H,19,21). The molecule has 2 rings (SSSR count). The molecule has 0 aliphatic carbocycles. The van der Waals surface area contributed by atoms with Crippen molar-refractivity contribution in [2.24, 2.45) is 0 Å². The summed E-state index contributed by atoms with van der Waals surface area (Å²) in [6, 6.07) is 8.97. The first-order chi connectivity index (χ1) is 10.6. The lowest BCUT2D eigenvalue weighted by Gasteiger charge is -2.08. The van der Waals surface area contributed by atoms with E-state index < -0.39 is 0 Å². The highest BCUT2D eigenvalue weighted by Crippen LogP contribution is 2.25. The molecule has 0 aliphatic heterocycles. The van der Waals surface area contributed by atoms with Gasteiger partial charge in [-0.15, -0.1) is 0 Å². The summed E-state index contributed by atoms with van der Waals surface area (Å²) in [5, 5.41) is 0. The Balaban J connectivity index is 1.78. The van der Waals surface area contributed by atoms with Gasteiger partial charge in [0.05, 0.1) is 11.6 Å². The minimum absolute atomic E-state index is 0.258. The van der Waals surface area contributed by atoms with E-state index in [1.165, 1.54) is 0 Å². The highest BCUT2D eigenvalue weighted by atomic mass is 79.9. The number of hydrogen-bond donors (Lipinski definition) is 3. The van der Waals surface area contributed by atoms with Crippen molar-refractivity contribution in [3.8, 4) is 5.75 Å². The van der Waals surface area contributed by atoms with Crippen LogP contribution >= 0.6 is 15.9 Å². The van der Waals surface area contributed by atoms with Gasteiger partial charge < -0.3 is 9.72 Å². The van der Waals surface area contributed by atoms with Crippen molar-refractivity contribution in [1.82, 2.24) is 15.8 Å². The predicted octanol–water partition coefficient (Wildman–Crippen LogP) is 2.18. The van der Waals surface area contributed by atoms with Gasteiger partial charge in [0.2, 0.25) is 5.91 Å². The van der Waals surface area contributed by atoms with Gasteiger partial charge >= 0.3 is 0 Å². The van der Waals surface area contributed by atoms with E-state index in [-0.39, 0.29) is 18.2 Å². The Labute approximate surface area is 136 Å². The molecule has 0 spiro atoms. The second-order valence-electron chi connectivity index (χ2n) is 4.55. The van der Waals surface area contributed by atoms with Crippen LogP contribution in [0.15, 0.2) is 41.0 Å². The van der Waals surface area contributed by atoms with Crippen LogP contribution in [-0.4, -0.2) is 23.9 Å². The summed E-state index contributed by atoms with van der Waals surface area (Å²) in [5.74, 6) is 0.101. The van der Waals surface area contributed by atoms with E-state index in [1.54, 1.807) is 25.4 Å². The zero-order valence-corrected chi connectivity index (χ0v) is 13.6. The number of halogens is 1. The average Bonchev–Trinajstić information content (AvgIpc) is 3.05. The number of rotatable bonds is 5. The van der Waals surface area contributed by atoms with Gasteiger partial charge in [-0.3, -0.25) is 20.4 Å². The number of amides is 2. The van der Waals surface area contributed by atoms with Gasteiger partial charge in [-0.2, -0.15) is 0 Å². The molecule has 2 aromatic rings. The molecule has 0 saturated heterocycles. The van der Waals surface area contributed by atoms with Gasteiger partial charge in [0.15, 0.2) is 0 Å². The number of ether oxygens (including phenoxy) is 1. The smallest absolute Gasteiger partial charge is 0.286 e. The van der Waals surface area contributed by atoms with Gasteiger partial charge in [0, 0.05) is 12.6 Å². The maximum atomic E-state index is 11.7. The number of H-pyrrole nitrogens is 1. The minimum Gasteiger partial charge on any atom is -0.496 e. The fraction of sp³-hybridized carbons (Fsp3) is 0.200. The van der Waals surface area contributed by atoms with E-state index in [4.69, 9.17) is 4.74 Å². The van der Waals surface area contributed by atoms with Crippen molar-refractivity contribution < 1.29 is 14.3 Å². The van der Waals surface area contributed by atoms with E-state index in [9.17, 15) is 9.59 Å². The molecule has 0 fully saturated rings. The first-order valence-corrected chi connectivity index (χ1v) is 7.44. The van der Waals surface area contributed by atoms with Crippen LogP contribution in [0.3, 0.4) is 0 Å². The van der Waals surface area contributed by atoms with E-state index in [2.05, 4.69) is 31.8 Å². The lowest BCUT2D eigenvalue weighted by Crippen LogP contribution is -2.41. The summed E-state index contributed by atoms with van der Waals surface area (Å²) in [6.45, 7) is 0. The molecule has 22 heavy (non-hydrogen) atoms. The fourth-order valence-electron chi connectivity index (χ4n) is 1.85. The van der Waals surface area contributed by atoms with Crippen molar-refractivity contribution in [2.45, 2.75) is 12.8 Å². The highest BCUT2D eigenvalue weighted by Gasteiger charge is 2.08. The van der Waals surface area contributed by atoms with Crippen molar-refractivity contribution in [2.75, 3.05) is 7.11 Å². The lowest BCUT2D eigenvalue weighted by molar-refractivity contribution is -0.121. The largest absolute Gasteiger partial charge is 0.496 e. The molecule has 0 aliphatic rings. The Morgan fingerprint density at radius 1 is 1.27 bits per heavy atom. The Morgan fingerprint density at radius 2 is 2.09 bits per heavy atom.